The lowest BCUT2D eigenvalue weighted by Crippen LogP contribution is -2.65. The number of amides is 1. The summed E-state index contributed by atoms with van der Waals surface area (Å²) >= 11 is 0. The van der Waals surface area contributed by atoms with E-state index in [1.165, 1.54) is 289 Å². The van der Waals surface area contributed by atoms with Gasteiger partial charge < -0.3 is 65.1 Å². The molecular formula is C75H143NO13. The molecule has 2 aliphatic heterocycles. The first kappa shape index (κ1) is 83.6. The first-order chi connectivity index (χ1) is 43.6. The van der Waals surface area contributed by atoms with Gasteiger partial charge in [-0.05, 0) is 32.1 Å². The molecule has 526 valence electrons. The SMILES string of the molecule is CCCCCCCCCCCCCCCCCCCC/C=C/CC/C=C/C(O)C(COC1OC(CO)C(OC2OC(CO)C(O)C(O)C2O)C(O)C1O)NC(=O)CCCCCCCCCCCCCCCCCCCCCCCCCCCCCCCCC. The van der Waals surface area contributed by atoms with Gasteiger partial charge in [-0.2, -0.15) is 0 Å². The summed E-state index contributed by atoms with van der Waals surface area (Å²) in [6.45, 7) is 2.85. The van der Waals surface area contributed by atoms with Crippen LogP contribution in [-0.2, 0) is 23.7 Å². The number of nitrogens with one attached hydrogen (secondary N) is 1. The van der Waals surface area contributed by atoms with Crippen LogP contribution in [0.1, 0.15) is 354 Å². The lowest BCUT2D eigenvalue weighted by atomic mass is 9.97. The molecule has 89 heavy (non-hydrogen) atoms. The Morgan fingerprint density at radius 2 is 0.719 bits per heavy atom. The fraction of sp³-hybridized carbons (Fsp3) is 0.933. The minimum atomic E-state index is -1.79. The van der Waals surface area contributed by atoms with Crippen LogP contribution in [0.15, 0.2) is 24.3 Å². The van der Waals surface area contributed by atoms with Crippen LogP contribution < -0.4 is 5.32 Å². The van der Waals surface area contributed by atoms with Crippen LogP contribution in [0.5, 0.6) is 0 Å². The second kappa shape index (κ2) is 60.2. The highest BCUT2D eigenvalue weighted by atomic mass is 16.7. The highest BCUT2D eigenvalue weighted by Crippen LogP contribution is 2.30. The quantitative estimate of drug-likeness (QED) is 0.0204. The van der Waals surface area contributed by atoms with Gasteiger partial charge in [0.15, 0.2) is 12.6 Å². The smallest absolute Gasteiger partial charge is 0.220 e. The van der Waals surface area contributed by atoms with Crippen LogP contribution in [0.2, 0.25) is 0 Å². The third-order valence-corrected chi connectivity index (χ3v) is 18.9. The fourth-order valence-corrected chi connectivity index (χ4v) is 12.8. The van der Waals surface area contributed by atoms with Crippen LogP contribution in [-0.4, -0.2) is 140 Å². The summed E-state index contributed by atoms with van der Waals surface area (Å²) in [5, 5.41) is 87.5. The molecule has 0 bridgehead atoms. The van der Waals surface area contributed by atoms with Gasteiger partial charge >= 0.3 is 0 Å². The molecule has 12 unspecified atom stereocenters. The zero-order valence-electron chi connectivity index (χ0n) is 57.5. The molecule has 0 spiro atoms. The molecule has 2 saturated heterocycles. The van der Waals surface area contributed by atoms with Crippen molar-refractivity contribution in [1.29, 1.82) is 0 Å². The fourth-order valence-electron chi connectivity index (χ4n) is 12.8. The number of aliphatic hydroxyl groups is 8. The standard InChI is InChI=1S/C75H143NO13/c1-3-5-7-9-11-13-15-17-19-21-23-25-27-29-30-31-32-33-34-35-37-39-41-43-45-47-49-51-53-55-57-59-67(80)76-63(62-86-74-72(85)70(83)73(66(61-78)88-74)89-75-71(84)69(82)68(81)65(60-77)87-75)64(79)58-56-54-52-50-48-46-44-42-40-38-36-28-26-24-22-20-18-16-14-12-10-8-6-4-2/h48,50,56,58,63-66,68-75,77-79,81-85H,3-47,49,51-55,57,59-62H2,1-2H3,(H,76,80)/b50-48+,58-56+. The Kier molecular flexibility index (Phi) is 56.5. The van der Waals surface area contributed by atoms with Gasteiger partial charge in [0.05, 0.1) is 32.0 Å². The first-order valence-corrected chi connectivity index (χ1v) is 38.1. The van der Waals surface area contributed by atoms with E-state index in [1.54, 1.807) is 6.08 Å². The zero-order valence-corrected chi connectivity index (χ0v) is 57.5. The van der Waals surface area contributed by atoms with Gasteiger partial charge in [0.2, 0.25) is 5.91 Å². The summed E-state index contributed by atoms with van der Waals surface area (Å²) in [5.41, 5.74) is 0. The average Bonchev–Trinajstić information content (AvgIpc) is 2.53. The maximum absolute atomic E-state index is 13.4. The number of carbonyl (C=O) groups excluding carboxylic acids is 1. The van der Waals surface area contributed by atoms with Gasteiger partial charge in [-0.3, -0.25) is 4.79 Å². The second-order valence-electron chi connectivity index (χ2n) is 27.1. The van der Waals surface area contributed by atoms with E-state index >= 15 is 0 Å². The molecule has 14 heteroatoms. The summed E-state index contributed by atoms with van der Waals surface area (Å²) in [6.07, 6.45) is 59.7. The third-order valence-electron chi connectivity index (χ3n) is 18.9. The Labute approximate surface area is 545 Å². The van der Waals surface area contributed by atoms with E-state index in [1.807, 2.05) is 6.08 Å². The molecule has 2 fully saturated rings. The van der Waals surface area contributed by atoms with Crippen molar-refractivity contribution in [3.8, 4) is 0 Å². The number of ether oxygens (including phenoxy) is 4. The average molecular weight is 1270 g/mol. The molecule has 9 N–H and O–H groups in total. The number of carbonyl (C=O) groups is 1. The largest absolute Gasteiger partial charge is 0.394 e. The molecule has 0 radical (unpaired) electrons. The summed E-state index contributed by atoms with van der Waals surface area (Å²) < 4.78 is 22.9. The Bertz CT molecular complexity index is 1590. The number of unbranched alkanes of at least 4 members (excludes halogenated alkanes) is 49. The zero-order chi connectivity index (χ0) is 64.5. The van der Waals surface area contributed by atoms with E-state index in [9.17, 15) is 45.6 Å². The van der Waals surface area contributed by atoms with Crippen LogP contribution in [0.25, 0.3) is 0 Å². The molecule has 0 aliphatic carbocycles. The number of hydrogen-bond acceptors (Lipinski definition) is 13. The molecule has 1 amide bonds. The van der Waals surface area contributed by atoms with Crippen molar-refractivity contribution in [2.45, 2.75) is 428 Å². The summed E-state index contributed by atoms with van der Waals surface area (Å²) in [7, 11) is 0. The molecular weight excluding hydrogens is 1120 g/mol. The summed E-state index contributed by atoms with van der Waals surface area (Å²) in [5.74, 6) is -0.240. The van der Waals surface area contributed by atoms with E-state index in [0.29, 0.717) is 12.8 Å². The number of rotatable bonds is 64. The van der Waals surface area contributed by atoms with Crippen molar-refractivity contribution >= 4 is 5.91 Å². The first-order valence-electron chi connectivity index (χ1n) is 38.1. The summed E-state index contributed by atoms with van der Waals surface area (Å²) in [4.78, 5) is 13.4. The molecule has 2 aliphatic rings. The van der Waals surface area contributed by atoms with Crippen molar-refractivity contribution < 1.29 is 64.6 Å². The van der Waals surface area contributed by atoms with Crippen molar-refractivity contribution in [3.63, 3.8) is 0 Å². The molecule has 2 rings (SSSR count). The molecule has 14 nitrogen and oxygen atoms in total. The van der Waals surface area contributed by atoms with Crippen LogP contribution in [0, 0.1) is 0 Å². The van der Waals surface area contributed by atoms with Gasteiger partial charge in [-0.1, -0.05) is 340 Å². The molecule has 0 saturated carbocycles. The topological polar surface area (TPSA) is 228 Å². The lowest BCUT2D eigenvalue weighted by molar-refractivity contribution is -0.359. The highest BCUT2D eigenvalue weighted by Gasteiger charge is 2.51. The van der Waals surface area contributed by atoms with Gasteiger partial charge in [-0.25, -0.2) is 0 Å². The Balaban J connectivity index is 1.64. The monoisotopic (exact) mass is 1270 g/mol. The van der Waals surface area contributed by atoms with Gasteiger partial charge in [0, 0.05) is 6.42 Å². The normalized spacial score (nSPS) is 23.1. The molecule has 0 aromatic heterocycles. The Hall–Kier alpha value is -1.53. The molecule has 12 atom stereocenters. The third kappa shape index (κ3) is 44.0. The van der Waals surface area contributed by atoms with Gasteiger partial charge in [0.1, 0.15) is 48.8 Å². The second-order valence-corrected chi connectivity index (χ2v) is 27.1. The molecule has 0 aromatic carbocycles. The predicted octanol–water partition coefficient (Wildman–Crippen LogP) is 16.3. The van der Waals surface area contributed by atoms with Crippen LogP contribution >= 0.6 is 0 Å². The van der Waals surface area contributed by atoms with Gasteiger partial charge in [-0.15, -0.1) is 0 Å². The van der Waals surface area contributed by atoms with Crippen molar-refractivity contribution in [2.24, 2.45) is 0 Å². The minimum absolute atomic E-state index is 0.240. The van der Waals surface area contributed by atoms with Crippen LogP contribution in [0.4, 0.5) is 0 Å². The maximum atomic E-state index is 13.4. The van der Waals surface area contributed by atoms with Gasteiger partial charge in [0.25, 0.3) is 0 Å². The maximum Gasteiger partial charge on any atom is 0.220 e. The predicted molar refractivity (Wildman–Crippen MR) is 365 cm³/mol. The Morgan fingerprint density at radius 3 is 1.10 bits per heavy atom. The van der Waals surface area contributed by atoms with E-state index in [2.05, 4.69) is 31.3 Å². The van der Waals surface area contributed by atoms with Crippen LogP contribution in [0.3, 0.4) is 0 Å². The molecule has 2 heterocycles. The van der Waals surface area contributed by atoms with E-state index in [-0.39, 0.29) is 18.9 Å². The highest BCUT2D eigenvalue weighted by molar-refractivity contribution is 5.76. The number of allylic oxidation sites excluding steroid dienone is 3. The lowest BCUT2D eigenvalue weighted by Gasteiger charge is -2.46. The summed E-state index contributed by atoms with van der Waals surface area (Å²) in [6, 6.07) is -0.930. The Morgan fingerprint density at radius 1 is 0.393 bits per heavy atom. The van der Waals surface area contributed by atoms with E-state index < -0.39 is 86.8 Å². The number of hydrogen-bond donors (Lipinski definition) is 9. The van der Waals surface area contributed by atoms with Crippen molar-refractivity contribution in [1.82, 2.24) is 5.32 Å². The molecule has 0 aromatic rings. The number of aliphatic hydroxyl groups excluding tert-OH is 8. The van der Waals surface area contributed by atoms with E-state index in [4.69, 9.17) is 18.9 Å². The van der Waals surface area contributed by atoms with Crippen molar-refractivity contribution in [2.75, 3.05) is 19.8 Å². The minimum Gasteiger partial charge on any atom is -0.394 e. The van der Waals surface area contributed by atoms with E-state index in [0.717, 1.165) is 32.1 Å². The van der Waals surface area contributed by atoms with Crippen molar-refractivity contribution in [3.05, 3.63) is 24.3 Å².